The number of halogens is 1. The van der Waals surface area contributed by atoms with Gasteiger partial charge in [-0.2, -0.15) is 11.8 Å². The Hall–Kier alpha value is -0.480. The molecule has 2 nitrogen and oxygen atoms in total. The SMILES string of the molecule is CSC1(CNC(=O)c2ccc(C)cc2Br)CCCC1. The zero-order valence-corrected chi connectivity index (χ0v) is 13.9. The Bertz CT molecular complexity index is 469. The number of rotatable bonds is 4. The van der Waals surface area contributed by atoms with E-state index in [1.54, 1.807) is 0 Å². The van der Waals surface area contributed by atoms with Crippen LogP contribution in [0.3, 0.4) is 0 Å². The monoisotopic (exact) mass is 341 g/mol. The molecule has 1 amide bonds. The van der Waals surface area contributed by atoms with E-state index < -0.39 is 0 Å². The van der Waals surface area contributed by atoms with Gasteiger partial charge in [0, 0.05) is 15.8 Å². The summed E-state index contributed by atoms with van der Waals surface area (Å²) in [7, 11) is 0. The van der Waals surface area contributed by atoms with Gasteiger partial charge in [0.05, 0.1) is 5.56 Å². The molecule has 2 rings (SSSR count). The van der Waals surface area contributed by atoms with Gasteiger partial charge in [-0.3, -0.25) is 4.79 Å². The van der Waals surface area contributed by atoms with Crippen LogP contribution < -0.4 is 5.32 Å². The highest BCUT2D eigenvalue weighted by Crippen LogP contribution is 2.39. The largest absolute Gasteiger partial charge is 0.351 e. The Morgan fingerprint density at radius 1 is 1.42 bits per heavy atom. The topological polar surface area (TPSA) is 29.1 Å². The molecule has 1 fully saturated rings. The second-order valence-corrected chi connectivity index (χ2v) is 7.39. The van der Waals surface area contributed by atoms with Crippen LogP contribution in [0.25, 0.3) is 0 Å². The second kappa shape index (κ2) is 6.31. The van der Waals surface area contributed by atoms with Crippen molar-refractivity contribution in [1.29, 1.82) is 0 Å². The summed E-state index contributed by atoms with van der Waals surface area (Å²) >= 11 is 5.36. The minimum Gasteiger partial charge on any atom is -0.351 e. The van der Waals surface area contributed by atoms with Crippen molar-refractivity contribution >= 4 is 33.6 Å². The summed E-state index contributed by atoms with van der Waals surface area (Å²) in [5.41, 5.74) is 1.87. The number of aryl methyl sites for hydroxylation is 1. The van der Waals surface area contributed by atoms with Gasteiger partial charge in [0.2, 0.25) is 0 Å². The van der Waals surface area contributed by atoms with E-state index in [0.717, 1.165) is 22.1 Å². The average Bonchev–Trinajstić information content (AvgIpc) is 2.85. The number of hydrogen-bond acceptors (Lipinski definition) is 2. The van der Waals surface area contributed by atoms with Crippen LogP contribution in [0.15, 0.2) is 22.7 Å². The zero-order valence-electron chi connectivity index (χ0n) is 11.5. The molecule has 0 unspecified atom stereocenters. The smallest absolute Gasteiger partial charge is 0.252 e. The lowest BCUT2D eigenvalue weighted by atomic mass is 10.1. The van der Waals surface area contributed by atoms with E-state index in [9.17, 15) is 4.79 Å². The maximum Gasteiger partial charge on any atom is 0.252 e. The number of hydrogen-bond donors (Lipinski definition) is 1. The average molecular weight is 342 g/mol. The molecule has 0 bridgehead atoms. The Balaban J connectivity index is 2.01. The molecule has 19 heavy (non-hydrogen) atoms. The highest BCUT2D eigenvalue weighted by atomic mass is 79.9. The molecule has 1 aliphatic rings. The lowest BCUT2D eigenvalue weighted by Crippen LogP contribution is -2.38. The van der Waals surface area contributed by atoms with Crippen LogP contribution in [-0.4, -0.2) is 23.5 Å². The van der Waals surface area contributed by atoms with Gasteiger partial charge in [-0.05, 0) is 59.6 Å². The summed E-state index contributed by atoms with van der Waals surface area (Å²) < 4.78 is 1.13. The summed E-state index contributed by atoms with van der Waals surface area (Å²) in [5, 5.41) is 3.10. The maximum absolute atomic E-state index is 12.2. The standard InChI is InChI=1S/C15H20BrNOS/c1-11-5-6-12(13(16)9-11)14(18)17-10-15(19-2)7-3-4-8-15/h5-6,9H,3-4,7-8,10H2,1-2H3,(H,17,18). The Kier molecular flexibility index (Phi) is 4.96. The molecule has 0 atom stereocenters. The van der Waals surface area contributed by atoms with Gasteiger partial charge in [0.25, 0.3) is 5.91 Å². The van der Waals surface area contributed by atoms with Crippen LogP contribution in [0.4, 0.5) is 0 Å². The molecule has 0 aliphatic heterocycles. The van der Waals surface area contributed by atoms with Gasteiger partial charge in [-0.25, -0.2) is 0 Å². The van der Waals surface area contributed by atoms with Crippen molar-refractivity contribution in [2.75, 3.05) is 12.8 Å². The highest BCUT2D eigenvalue weighted by molar-refractivity contribution is 9.10. The molecule has 1 saturated carbocycles. The Morgan fingerprint density at radius 3 is 2.68 bits per heavy atom. The fourth-order valence-corrected chi connectivity index (χ4v) is 4.20. The molecule has 104 valence electrons. The first kappa shape index (κ1) is 14.9. The van der Waals surface area contributed by atoms with Crippen LogP contribution in [0.2, 0.25) is 0 Å². The third-order valence-electron chi connectivity index (χ3n) is 3.89. The molecule has 1 aliphatic carbocycles. The minimum atomic E-state index is 0.0206. The van der Waals surface area contributed by atoms with E-state index in [4.69, 9.17) is 0 Å². The molecule has 1 aromatic carbocycles. The van der Waals surface area contributed by atoms with Gasteiger partial charge in [-0.1, -0.05) is 18.9 Å². The van der Waals surface area contributed by atoms with E-state index in [-0.39, 0.29) is 10.7 Å². The van der Waals surface area contributed by atoms with Crippen molar-refractivity contribution in [1.82, 2.24) is 5.32 Å². The van der Waals surface area contributed by atoms with Gasteiger partial charge in [0.15, 0.2) is 0 Å². The molecule has 1 aromatic rings. The molecule has 0 heterocycles. The van der Waals surface area contributed by atoms with Crippen molar-refractivity contribution in [2.45, 2.75) is 37.4 Å². The third-order valence-corrected chi connectivity index (χ3v) is 5.96. The number of carbonyl (C=O) groups excluding carboxylic acids is 1. The maximum atomic E-state index is 12.2. The first-order valence-corrected chi connectivity index (χ1v) is 8.68. The Labute approximate surface area is 127 Å². The number of nitrogens with one attached hydrogen (secondary N) is 1. The minimum absolute atomic E-state index is 0.0206. The van der Waals surface area contributed by atoms with Crippen molar-refractivity contribution in [2.24, 2.45) is 0 Å². The number of amides is 1. The summed E-state index contributed by atoms with van der Waals surface area (Å²) in [6.07, 6.45) is 7.14. The molecule has 0 spiro atoms. The number of carbonyl (C=O) groups is 1. The van der Waals surface area contributed by atoms with Gasteiger partial charge in [0.1, 0.15) is 0 Å². The van der Waals surface area contributed by atoms with Crippen molar-refractivity contribution < 1.29 is 4.79 Å². The first-order chi connectivity index (χ1) is 9.06. The van der Waals surface area contributed by atoms with Crippen LogP contribution in [-0.2, 0) is 0 Å². The lowest BCUT2D eigenvalue weighted by Gasteiger charge is -2.27. The number of benzene rings is 1. The van der Waals surface area contributed by atoms with E-state index >= 15 is 0 Å². The molecular formula is C15H20BrNOS. The lowest BCUT2D eigenvalue weighted by molar-refractivity contribution is 0.0949. The first-order valence-electron chi connectivity index (χ1n) is 6.66. The fourth-order valence-electron chi connectivity index (χ4n) is 2.61. The molecule has 0 saturated heterocycles. The van der Waals surface area contributed by atoms with Gasteiger partial charge >= 0.3 is 0 Å². The highest BCUT2D eigenvalue weighted by Gasteiger charge is 2.33. The van der Waals surface area contributed by atoms with Crippen molar-refractivity contribution in [3.05, 3.63) is 33.8 Å². The summed E-state index contributed by atoms with van der Waals surface area (Å²) in [5.74, 6) is 0.0206. The zero-order chi connectivity index (χ0) is 13.9. The molecule has 1 N–H and O–H groups in total. The molecule has 0 radical (unpaired) electrons. The summed E-state index contributed by atoms with van der Waals surface area (Å²) in [6.45, 7) is 2.79. The fraction of sp³-hybridized carbons (Fsp3) is 0.533. The number of thioether (sulfide) groups is 1. The quantitative estimate of drug-likeness (QED) is 0.890. The molecule has 0 aromatic heterocycles. The van der Waals surface area contributed by atoms with Crippen LogP contribution in [0.1, 0.15) is 41.6 Å². The van der Waals surface area contributed by atoms with E-state index in [2.05, 4.69) is 27.5 Å². The van der Waals surface area contributed by atoms with E-state index in [0.29, 0.717) is 0 Å². The molecule has 4 heteroatoms. The van der Waals surface area contributed by atoms with Crippen LogP contribution in [0, 0.1) is 6.92 Å². The van der Waals surface area contributed by atoms with E-state index in [1.807, 2.05) is 36.9 Å². The van der Waals surface area contributed by atoms with Crippen molar-refractivity contribution in [3.63, 3.8) is 0 Å². The van der Waals surface area contributed by atoms with Crippen molar-refractivity contribution in [3.8, 4) is 0 Å². The normalized spacial score (nSPS) is 17.4. The van der Waals surface area contributed by atoms with Crippen LogP contribution >= 0.6 is 27.7 Å². The molecular weight excluding hydrogens is 322 g/mol. The Morgan fingerprint density at radius 2 is 2.11 bits per heavy atom. The van der Waals surface area contributed by atoms with Crippen LogP contribution in [0.5, 0.6) is 0 Å². The van der Waals surface area contributed by atoms with Gasteiger partial charge in [-0.15, -0.1) is 0 Å². The third kappa shape index (κ3) is 3.54. The summed E-state index contributed by atoms with van der Waals surface area (Å²) in [4.78, 5) is 12.2. The van der Waals surface area contributed by atoms with Gasteiger partial charge < -0.3 is 5.32 Å². The van der Waals surface area contributed by atoms with E-state index in [1.165, 1.54) is 25.7 Å². The second-order valence-electron chi connectivity index (χ2n) is 5.26. The summed E-state index contributed by atoms with van der Waals surface area (Å²) in [6, 6.07) is 5.84. The predicted molar refractivity (Wildman–Crippen MR) is 85.9 cm³/mol. The predicted octanol–water partition coefficient (Wildman–Crippen LogP) is 4.16.